The van der Waals surface area contributed by atoms with Crippen LogP contribution in [0.1, 0.15) is 78.4 Å². The summed E-state index contributed by atoms with van der Waals surface area (Å²) in [7, 11) is 0. The van der Waals surface area contributed by atoms with E-state index >= 15 is 0 Å². The van der Waals surface area contributed by atoms with Crippen molar-refractivity contribution in [2.45, 2.75) is 83.0 Å². The van der Waals surface area contributed by atoms with Gasteiger partial charge in [0.25, 0.3) is 5.91 Å². The third-order valence-corrected chi connectivity index (χ3v) is 9.16. The van der Waals surface area contributed by atoms with E-state index in [1.54, 1.807) is 0 Å². The van der Waals surface area contributed by atoms with Crippen LogP contribution in [0.2, 0.25) is 0 Å². The lowest BCUT2D eigenvalue weighted by atomic mass is 9.81. The zero-order chi connectivity index (χ0) is 28.1. The molecular weight excluding hydrogens is 498 g/mol. The van der Waals surface area contributed by atoms with E-state index in [-0.39, 0.29) is 17.9 Å². The van der Waals surface area contributed by atoms with Gasteiger partial charge in [0.05, 0.1) is 11.6 Å². The van der Waals surface area contributed by atoms with Gasteiger partial charge >= 0.3 is 0 Å². The Morgan fingerprint density at radius 1 is 0.975 bits per heavy atom. The number of likely N-dealkylation sites (tertiary alicyclic amines) is 1. The molecule has 7 nitrogen and oxygen atoms in total. The van der Waals surface area contributed by atoms with Gasteiger partial charge in [-0.2, -0.15) is 5.26 Å². The Balaban J connectivity index is 1.32. The molecule has 0 bridgehead atoms. The highest BCUT2D eigenvalue weighted by Crippen LogP contribution is 2.35. The molecule has 1 saturated heterocycles. The van der Waals surface area contributed by atoms with Crippen LogP contribution >= 0.6 is 0 Å². The molecule has 0 aromatic heterocycles. The summed E-state index contributed by atoms with van der Waals surface area (Å²) in [6, 6.07) is 17.9. The van der Waals surface area contributed by atoms with E-state index in [2.05, 4.69) is 16.3 Å². The number of benzene rings is 2. The van der Waals surface area contributed by atoms with Crippen molar-refractivity contribution in [3.05, 3.63) is 70.8 Å². The van der Waals surface area contributed by atoms with E-state index in [9.17, 15) is 14.9 Å². The van der Waals surface area contributed by atoms with Crippen LogP contribution in [0.15, 0.2) is 48.5 Å². The molecule has 7 heteroatoms. The van der Waals surface area contributed by atoms with Gasteiger partial charge in [0.15, 0.2) is 0 Å². The third kappa shape index (κ3) is 6.92. The van der Waals surface area contributed by atoms with E-state index in [0.29, 0.717) is 55.1 Å². The number of hydrogen-bond acceptors (Lipinski definition) is 5. The maximum Gasteiger partial charge on any atom is 0.254 e. The molecule has 5 rings (SSSR count). The molecule has 0 radical (unpaired) electrons. The first-order chi connectivity index (χ1) is 19.4. The molecule has 40 heavy (non-hydrogen) atoms. The predicted octanol–water partition coefficient (Wildman–Crippen LogP) is 4.39. The number of carbonyl (C=O) groups is 2. The average Bonchev–Trinajstić information content (AvgIpc) is 3.84. The van der Waals surface area contributed by atoms with Crippen LogP contribution in [0, 0.1) is 30.1 Å². The SMILES string of the molecule is Cc1ccc(C(=O)N2CCC(N(Cc3ccc(C#N)cc3)C3CC3)C[C@@H]2C(=O)NCC2CCCC(CN)C2)cc1. The zero-order valence-electron chi connectivity index (χ0n) is 23.7. The molecule has 2 aromatic rings. The molecule has 3 fully saturated rings. The Morgan fingerprint density at radius 3 is 2.38 bits per heavy atom. The number of amides is 2. The van der Waals surface area contributed by atoms with Gasteiger partial charge in [-0.15, -0.1) is 0 Å². The van der Waals surface area contributed by atoms with Crippen molar-refractivity contribution in [2.24, 2.45) is 17.6 Å². The number of carbonyl (C=O) groups excluding carboxylic acids is 2. The van der Waals surface area contributed by atoms with Crippen LogP contribution in [0.3, 0.4) is 0 Å². The van der Waals surface area contributed by atoms with Gasteiger partial charge in [-0.05, 0) is 100 Å². The zero-order valence-corrected chi connectivity index (χ0v) is 23.7. The molecule has 2 saturated carbocycles. The quantitative estimate of drug-likeness (QED) is 0.490. The van der Waals surface area contributed by atoms with Gasteiger partial charge < -0.3 is 16.0 Å². The van der Waals surface area contributed by atoms with Gasteiger partial charge in [-0.1, -0.05) is 36.2 Å². The first kappa shape index (κ1) is 28.3. The summed E-state index contributed by atoms with van der Waals surface area (Å²) in [5.41, 5.74) is 9.53. The molecule has 1 heterocycles. The minimum absolute atomic E-state index is 0.0332. The van der Waals surface area contributed by atoms with Crippen LogP contribution in [0.4, 0.5) is 0 Å². The van der Waals surface area contributed by atoms with Gasteiger partial charge in [-0.3, -0.25) is 14.5 Å². The molecule has 1 aliphatic heterocycles. The van der Waals surface area contributed by atoms with E-state index < -0.39 is 6.04 Å². The Bertz CT molecular complexity index is 1200. The van der Waals surface area contributed by atoms with Gasteiger partial charge in [-0.25, -0.2) is 0 Å². The number of nitrogens with zero attached hydrogens (tertiary/aromatic N) is 3. The largest absolute Gasteiger partial charge is 0.354 e. The average molecular weight is 542 g/mol. The number of nitrogens with two attached hydrogens (primary N) is 1. The monoisotopic (exact) mass is 541 g/mol. The van der Waals surface area contributed by atoms with E-state index in [1.807, 2.05) is 60.4 Å². The number of aryl methyl sites for hydroxylation is 1. The highest BCUT2D eigenvalue weighted by atomic mass is 16.2. The summed E-state index contributed by atoms with van der Waals surface area (Å²) in [6.07, 6.45) is 8.34. The maximum absolute atomic E-state index is 13.8. The van der Waals surface area contributed by atoms with Crippen LogP contribution in [0.25, 0.3) is 0 Å². The fourth-order valence-corrected chi connectivity index (χ4v) is 6.62. The highest BCUT2D eigenvalue weighted by molar-refractivity contribution is 5.97. The summed E-state index contributed by atoms with van der Waals surface area (Å²) >= 11 is 0. The summed E-state index contributed by atoms with van der Waals surface area (Å²) in [4.78, 5) is 31.8. The first-order valence-corrected chi connectivity index (χ1v) is 15.1. The van der Waals surface area contributed by atoms with E-state index in [4.69, 9.17) is 5.73 Å². The van der Waals surface area contributed by atoms with Crippen LogP contribution in [-0.2, 0) is 11.3 Å². The molecule has 3 unspecified atom stereocenters. The lowest BCUT2D eigenvalue weighted by Gasteiger charge is -2.43. The normalized spacial score (nSPS) is 24.9. The van der Waals surface area contributed by atoms with Crippen LogP contribution in [0.5, 0.6) is 0 Å². The fourth-order valence-electron chi connectivity index (χ4n) is 6.62. The minimum Gasteiger partial charge on any atom is -0.354 e. The molecule has 212 valence electrons. The van der Waals surface area contributed by atoms with Crippen molar-refractivity contribution < 1.29 is 9.59 Å². The van der Waals surface area contributed by atoms with Crippen molar-refractivity contribution in [3.63, 3.8) is 0 Å². The molecule has 2 amide bonds. The van der Waals surface area contributed by atoms with Crippen molar-refractivity contribution in [1.29, 1.82) is 5.26 Å². The second-order valence-corrected chi connectivity index (χ2v) is 12.2. The lowest BCUT2D eigenvalue weighted by Crippen LogP contribution is -2.58. The summed E-state index contributed by atoms with van der Waals surface area (Å²) < 4.78 is 0. The lowest BCUT2D eigenvalue weighted by molar-refractivity contribution is -0.128. The van der Waals surface area contributed by atoms with Crippen LogP contribution < -0.4 is 11.1 Å². The topological polar surface area (TPSA) is 102 Å². The first-order valence-electron chi connectivity index (χ1n) is 15.1. The highest BCUT2D eigenvalue weighted by Gasteiger charge is 2.42. The predicted molar refractivity (Wildman–Crippen MR) is 156 cm³/mol. The maximum atomic E-state index is 13.8. The molecular formula is C33H43N5O2. The van der Waals surface area contributed by atoms with E-state index in [0.717, 1.165) is 37.8 Å². The van der Waals surface area contributed by atoms with E-state index in [1.165, 1.54) is 24.8 Å². The van der Waals surface area contributed by atoms with Crippen molar-refractivity contribution in [2.75, 3.05) is 19.6 Å². The second-order valence-electron chi connectivity index (χ2n) is 12.2. The standard InChI is InChI=1S/C33H43N5O2/c1-23-5-11-28(12-6-23)33(40)37-16-15-30(38(29-13-14-29)22-25-9-7-24(19-34)8-10-25)18-31(37)32(39)36-21-27-4-2-3-26(17-27)20-35/h5-12,26-27,29-31H,2-4,13-18,20-22,35H2,1H3,(H,36,39)/t26?,27?,30?,31-/m1/s1. The summed E-state index contributed by atoms with van der Waals surface area (Å²) in [5.74, 6) is 0.897. The second kappa shape index (κ2) is 13.0. The Kier molecular flexibility index (Phi) is 9.18. The molecule has 2 aliphatic carbocycles. The Labute approximate surface area is 238 Å². The smallest absolute Gasteiger partial charge is 0.254 e. The molecule has 2 aromatic carbocycles. The van der Waals surface area contributed by atoms with Crippen molar-refractivity contribution in [1.82, 2.24) is 15.1 Å². The van der Waals surface area contributed by atoms with Gasteiger partial charge in [0.2, 0.25) is 5.91 Å². The van der Waals surface area contributed by atoms with Crippen molar-refractivity contribution >= 4 is 11.8 Å². The number of rotatable bonds is 9. The number of nitrogens with one attached hydrogen (secondary N) is 1. The summed E-state index contributed by atoms with van der Waals surface area (Å²) in [5, 5.41) is 12.4. The molecule has 4 atom stereocenters. The van der Waals surface area contributed by atoms with Crippen molar-refractivity contribution in [3.8, 4) is 6.07 Å². The number of nitriles is 1. The Hall–Kier alpha value is -3.21. The molecule has 3 aliphatic rings. The summed E-state index contributed by atoms with van der Waals surface area (Å²) in [6.45, 7) is 4.73. The molecule has 3 N–H and O–H groups in total. The van der Waals surface area contributed by atoms with Gasteiger partial charge in [0.1, 0.15) is 6.04 Å². The third-order valence-electron chi connectivity index (χ3n) is 9.16. The van der Waals surface area contributed by atoms with Gasteiger partial charge in [0, 0.05) is 37.3 Å². The number of piperidine rings is 1. The molecule has 0 spiro atoms. The Morgan fingerprint density at radius 2 is 1.70 bits per heavy atom. The minimum atomic E-state index is -0.497. The van der Waals surface area contributed by atoms with Crippen LogP contribution in [-0.4, -0.2) is 59.4 Å². The number of hydrogen-bond donors (Lipinski definition) is 2. The fraction of sp³-hybridized carbons (Fsp3) is 0.545.